The van der Waals surface area contributed by atoms with Crippen LogP contribution in [0.5, 0.6) is 0 Å². The molecule has 73 heavy (non-hydrogen) atoms. The Bertz CT molecular complexity index is 1980. The predicted molar refractivity (Wildman–Crippen MR) is 279 cm³/mol. The van der Waals surface area contributed by atoms with Crippen LogP contribution in [-0.4, -0.2) is 216 Å². The van der Waals surface area contributed by atoms with Crippen LogP contribution in [0, 0.1) is 0 Å². The highest BCUT2D eigenvalue weighted by Crippen LogP contribution is 2.24. The van der Waals surface area contributed by atoms with Crippen molar-refractivity contribution in [2.75, 3.05) is 110 Å². The first kappa shape index (κ1) is 62.4. The van der Waals surface area contributed by atoms with Gasteiger partial charge < -0.3 is 45.9 Å². The molecule has 1 fully saturated rings. The van der Waals surface area contributed by atoms with Gasteiger partial charge in [-0.2, -0.15) is 11.8 Å². The van der Waals surface area contributed by atoms with Gasteiger partial charge in [-0.3, -0.25) is 53.2 Å². The van der Waals surface area contributed by atoms with Crippen LogP contribution < -0.4 is 21.7 Å². The average Bonchev–Trinajstić information content (AvgIpc) is 3.27. The molecule has 0 aromatic heterocycles. The SMILES string of the molecule is CSCC[C@H](NC(=O)c1cccc2c1CCN(C(=O)CN1CCN(CC(=O)OC(C)(C)C)CCN(CC(=O)OC(C)(C)C)CCN(CC(=O)OC(C)(C)C)CC1)C2)C(=O)NCC(=O)N[C@@H](CCCCN)C(=O)O. The summed E-state index contributed by atoms with van der Waals surface area (Å²) in [6.45, 7) is 20.0. The topological polar surface area (TPSA) is 263 Å². The van der Waals surface area contributed by atoms with Crippen molar-refractivity contribution in [3.63, 3.8) is 0 Å². The molecule has 21 nitrogen and oxygen atoms in total. The summed E-state index contributed by atoms with van der Waals surface area (Å²) >= 11 is 1.49. The van der Waals surface area contributed by atoms with E-state index >= 15 is 0 Å². The van der Waals surface area contributed by atoms with Crippen LogP contribution in [0.15, 0.2) is 18.2 Å². The van der Waals surface area contributed by atoms with Gasteiger partial charge in [0, 0.05) is 71.0 Å². The molecule has 22 heteroatoms. The Hall–Kier alpha value is -4.87. The molecular weight excluding hydrogens is 963 g/mol. The number of aliphatic carboxylic acids is 1. The molecule has 2 atom stereocenters. The maximum absolute atomic E-state index is 14.3. The highest BCUT2D eigenvalue weighted by molar-refractivity contribution is 7.98. The second-order valence-corrected chi connectivity index (χ2v) is 22.6. The van der Waals surface area contributed by atoms with Crippen LogP contribution in [-0.2, 0) is 60.7 Å². The maximum atomic E-state index is 14.3. The fourth-order valence-corrected chi connectivity index (χ4v) is 8.70. The van der Waals surface area contributed by atoms with Crippen LogP contribution in [0.3, 0.4) is 0 Å². The van der Waals surface area contributed by atoms with E-state index in [4.69, 9.17) is 19.9 Å². The van der Waals surface area contributed by atoms with Gasteiger partial charge in [-0.25, -0.2) is 4.79 Å². The number of carboxylic acids is 1. The van der Waals surface area contributed by atoms with E-state index in [9.17, 15) is 43.5 Å². The highest BCUT2D eigenvalue weighted by atomic mass is 32.2. The van der Waals surface area contributed by atoms with Gasteiger partial charge in [-0.1, -0.05) is 12.1 Å². The molecule has 2 aliphatic rings. The van der Waals surface area contributed by atoms with Gasteiger partial charge in [0.1, 0.15) is 28.9 Å². The Kier molecular flexibility index (Phi) is 25.5. The lowest BCUT2D eigenvalue weighted by Gasteiger charge is -2.35. The number of nitrogens with two attached hydrogens (primary N) is 1. The van der Waals surface area contributed by atoms with Crippen molar-refractivity contribution < 1.29 is 57.7 Å². The minimum atomic E-state index is -1.19. The van der Waals surface area contributed by atoms with E-state index < -0.39 is 71.1 Å². The summed E-state index contributed by atoms with van der Waals surface area (Å²) in [4.78, 5) is 115. The Morgan fingerprint density at radius 1 is 0.658 bits per heavy atom. The van der Waals surface area contributed by atoms with E-state index in [2.05, 4.69) is 16.0 Å². The highest BCUT2D eigenvalue weighted by Gasteiger charge is 2.31. The fourth-order valence-electron chi connectivity index (χ4n) is 8.23. The maximum Gasteiger partial charge on any atom is 0.326 e. The molecule has 2 aliphatic heterocycles. The number of rotatable bonds is 22. The molecule has 0 unspecified atom stereocenters. The van der Waals surface area contributed by atoms with Gasteiger partial charge in [-0.05, 0) is 130 Å². The molecule has 0 spiro atoms. The Labute approximate surface area is 436 Å². The quantitative estimate of drug-likeness (QED) is 0.0626. The zero-order valence-corrected chi connectivity index (χ0v) is 45.9. The number of unbranched alkanes of at least 4 members (excludes halogenated alkanes) is 1. The number of benzene rings is 1. The van der Waals surface area contributed by atoms with Gasteiger partial charge in [-0.15, -0.1) is 0 Å². The largest absolute Gasteiger partial charge is 0.480 e. The summed E-state index contributed by atoms with van der Waals surface area (Å²) in [6.07, 6.45) is 3.83. The van der Waals surface area contributed by atoms with Gasteiger partial charge >= 0.3 is 23.9 Å². The summed E-state index contributed by atoms with van der Waals surface area (Å²) in [6, 6.07) is 3.17. The molecule has 1 aromatic carbocycles. The predicted octanol–water partition coefficient (Wildman–Crippen LogP) is 1.48. The Morgan fingerprint density at radius 3 is 1.58 bits per heavy atom. The lowest BCUT2D eigenvalue weighted by molar-refractivity contribution is -0.158. The lowest BCUT2D eigenvalue weighted by Crippen LogP contribution is -2.51. The van der Waals surface area contributed by atoms with Crippen LogP contribution >= 0.6 is 11.8 Å². The minimum absolute atomic E-state index is 0.00564. The lowest BCUT2D eigenvalue weighted by atomic mass is 9.93. The molecule has 412 valence electrons. The molecule has 0 saturated carbocycles. The van der Waals surface area contributed by atoms with Crippen molar-refractivity contribution in [1.29, 1.82) is 0 Å². The number of fused-ring (bicyclic) bond motifs is 1. The van der Waals surface area contributed by atoms with Crippen LogP contribution in [0.4, 0.5) is 0 Å². The molecule has 6 N–H and O–H groups in total. The summed E-state index contributed by atoms with van der Waals surface area (Å²) in [5.41, 5.74) is 5.34. The van der Waals surface area contributed by atoms with Crippen LogP contribution in [0.1, 0.15) is 109 Å². The van der Waals surface area contributed by atoms with Crippen molar-refractivity contribution in [3.05, 3.63) is 34.9 Å². The standard InChI is InChI=1S/C51H85N9O12S/c1-49(2,3)70-43(63)33-57-23-21-56(22-24-58(34-44(64)71-50(4,5)6)26-28-59(27-25-57)35-45(65)72-51(7,8)9)32-42(62)60-20-17-37-36(31-60)14-13-15-38(37)46(66)55-39(18-29-73-10)47(67)53-30-41(61)54-40(48(68)69)16-11-12-19-52/h13-15,39-40H,11-12,16-35,52H2,1-10H3,(H,53,67)(H,54,61)(H,55,66)(H,68,69)/t39-,40-/m0/s1. The monoisotopic (exact) mass is 1050 g/mol. The van der Waals surface area contributed by atoms with Crippen molar-refractivity contribution >= 4 is 59.3 Å². The van der Waals surface area contributed by atoms with Gasteiger partial charge in [0.25, 0.3) is 5.91 Å². The van der Waals surface area contributed by atoms with E-state index in [0.717, 1.165) is 11.1 Å². The molecule has 0 radical (unpaired) electrons. The number of thioether (sulfide) groups is 1. The number of amides is 4. The molecule has 2 heterocycles. The van der Waals surface area contributed by atoms with Gasteiger partial charge in [0.15, 0.2) is 0 Å². The molecule has 0 bridgehead atoms. The fraction of sp³-hybridized carbons (Fsp3) is 0.725. The van der Waals surface area contributed by atoms with E-state index in [0.29, 0.717) is 96.0 Å². The number of carboxylic acid groups (broad SMARTS) is 1. The van der Waals surface area contributed by atoms with Gasteiger partial charge in [0.2, 0.25) is 17.7 Å². The molecule has 1 aromatic rings. The average molecular weight is 1050 g/mol. The third kappa shape index (κ3) is 24.8. The van der Waals surface area contributed by atoms with E-state index in [1.165, 1.54) is 11.8 Å². The number of hydrogen-bond donors (Lipinski definition) is 5. The van der Waals surface area contributed by atoms with Crippen molar-refractivity contribution in [2.24, 2.45) is 5.73 Å². The first-order valence-electron chi connectivity index (χ1n) is 25.4. The number of nitrogens with zero attached hydrogens (tertiary/aromatic N) is 5. The molecule has 4 amide bonds. The number of nitrogens with one attached hydrogen (secondary N) is 3. The summed E-state index contributed by atoms with van der Waals surface area (Å²) in [5.74, 6) is -3.72. The third-order valence-electron chi connectivity index (χ3n) is 11.7. The molecule has 1 saturated heterocycles. The van der Waals surface area contributed by atoms with Crippen LogP contribution in [0.2, 0.25) is 0 Å². The van der Waals surface area contributed by atoms with Crippen molar-refractivity contribution in [1.82, 2.24) is 40.4 Å². The number of ether oxygens (including phenoxy) is 3. The number of hydrogen-bond acceptors (Lipinski definition) is 17. The molecule has 3 rings (SSSR count). The zero-order chi connectivity index (χ0) is 54.5. The Balaban J connectivity index is 1.79. The third-order valence-corrected chi connectivity index (χ3v) is 12.3. The first-order valence-corrected chi connectivity index (χ1v) is 26.8. The molecule has 0 aliphatic carbocycles. The number of carbonyl (C=O) groups is 8. The first-order chi connectivity index (χ1) is 34.1. The van der Waals surface area contributed by atoms with E-state index in [1.54, 1.807) is 58.6 Å². The normalized spacial score (nSPS) is 16.9. The summed E-state index contributed by atoms with van der Waals surface area (Å²) in [7, 11) is 0. The number of carbonyl (C=O) groups excluding carboxylic acids is 7. The van der Waals surface area contributed by atoms with Crippen LogP contribution in [0.25, 0.3) is 0 Å². The Morgan fingerprint density at radius 2 is 1.14 bits per heavy atom. The zero-order valence-electron chi connectivity index (χ0n) is 45.1. The minimum Gasteiger partial charge on any atom is -0.480 e. The second-order valence-electron chi connectivity index (χ2n) is 21.6. The molecular formula is C51H85N9O12S. The second kappa shape index (κ2) is 29.9. The summed E-state index contributed by atoms with van der Waals surface area (Å²) in [5, 5.41) is 17.4. The van der Waals surface area contributed by atoms with Crippen molar-refractivity contribution in [3.8, 4) is 0 Å². The van der Waals surface area contributed by atoms with E-state index in [1.807, 2.05) is 52.7 Å². The van der Waals surface area contributed by atoms with Crippen molar-refractivity contribution in [2.45, 2.75) is 130 Å². The smallest absolute Gasteiger partial charge is 0.326 e. The van der Waals surface area contributed by atoms with E-state index in [-0.39, 0.29) is 57.4 Å². The van der Waals surface area contributed by atoms with Gasteiger partial charge in [0.05, 0.1) is 32.7 Å². The summed E-state index contributed by atoms with van der Waals surface area (Å²) < 4.78 is 17.0. The number of esters is 3.